The van der Waals surface area contributed by atoms with Gasteiger partial charge in [0.15, 0.2) is 11.0 Å². The summed E-state index contributed by atoms with van der Waals surface area (Å²) in [5.74, 6) is 0.892. The first-order valence-electron chi connectivity index (χ1n) is 6.07. The van der Waals surface area contributed by atoms with Gasteiger partial charge in [-0.1, -0.05) is 0 Å². The Labute approximate surface area is 109 Å². The molecule has 0 unspecified atom stereocenters. The van der Waals surface area contributed by atoms with Gasteiger partial charge < -0.3 is 15.1 Å². The van der Waals surface area contributed by atoms with E-state index in [2.05, 4.69) is 22.1 Å². The van der Waals surface area contributed by atoms with Gasteiger partial charge in [-0.25, -0.2) is 4.63 Å². The minimum atomic E-state index is 0.564. The molecule has 1 aromatic carbocycles. The number of hydrogen-bond acceptors (Lipinski definition) is 6. The molecule has 2 aromatic heterocycles. The number of nitrogen functional groups attached to an aromatic ring is 1. The van der Waals surface area contributed by atoms with E-state index in [4.69, 9.17) is 14.8 Å². The number of anilines is 2. The van der Waals surface area contributed by atoms with Crippen LogP contribution in [0.3, 0.4) is 0 Å². The Bertz CT molecular complexity index is 675. The second-order valence-electron chi connectivity index (χ2n) is 4.23. The van der Waals surface area contributed by atoms with Gasteiger partial charge in [-0.3, -0.25) is 0 Å². The molecule has 0 saturated carbocycles. The van der Waals surface area contributed by atoms with E-state index in [0.29, 0.717) is 23.3 Å². The second-order valence-corrected chi connectivity index (χ2v) is 4.23. The topological polar surface area (TPSA) is 81.3 Å². The van der Waals surface area contributed by atoms with Gasteiger partial charge in [-0.05, 0) is 41.5 Å². The van der Waals surface area contributed by atoms with Crippen LogP contribution in [0.25, 0.3) is 11.0 Å². The molecule has 0 atom stereocenters. The molecule has 0 aliphatic rings. The fraction of sp³-hybridized carbons (Fsp3) is 0.231. The average molecular weight is 258 g/mol. The molecule has 0 bridgehead atoms. The van der Waals surface area contributed by atoms with E-state index in [1.165, 1.54) is 0 Å². The molecule has 0 aliphatic carbocycles. The summed E-state index contributed by atoms with van der Waals surface area (Å²) in [6.07, 6.45) is 1.67. The normalized spacial score (nSPS) is 11.0. The molecule has 3 aromatic rings. The third-order valence-electron chi connectivity index (χ3n) is 3.07. The van der Waals surface area contributed by atoms with Crippen molar-refractivity contribution in [3.63, 3.8) is 0 Å². The van der Waals surface area contributed by atoms with E-state index in [0.717, 1.165) is 18.0 Å². The maximum absolute atomic E-state index is 5.85. The molecule has 6 nitrogen and oxygen atoms in total. The summed E-state index contributed by atoms with van der Waals surface area (Å²) in [5, 5.41) is 7.77. The molecule has 6 heteroatoms. The molecule has 98 valence electrons. The highest BCUT2D eigenvalue weighted by atomic mass is 16.6. The van der Waals surface area contributed by atoms with E-state index in [1.54, 1.807) is 6.26 Å². The van der Waals surface area contributed by atoms with Gasteiger partial charge >= 0.3 is 0 Å². The number of benzene rings is 1. The lowest BCUT2D eigenvalue weighted by molar-refractivity contribution is 0.315. The quantitative estimate of drug-likeness (QED) is 0.724. The largest absolute Gasteiger partial charge is 0.467 e. The van der Waals surface area contributed by atoms with Crippen molar-refractivity contribution in [2.24, 2.45) is 0 Å². The van der Waals surface area contributed by atoms with Crippen LogP contribution in [-0.2, 0) is 6.54 Å². The zero-order valence-electron chi connectivity index (χ0n) is 10.5. The summed E-state index contributed by atoms with van der Waals surface area (Å²) in [6.45, 7) is 3.54. The standard InChI is InChI=1S/C13H14N4O2/c1-2-17(8-9-4-3-7-18-9)11-6-5-10(14)12-13(11)16-19-15-12/h3-7H,2,8,14H2,1H3. The van der Waals surface area contributed by atoms with Crippen molar-refractivity contribution in [3.8, 4) is 0 Å². The van der Waals surface area contributed by atoms with Crippen LogP contribution in [0.5, 0.6) is 0 Å². The Morgan fingerprint density at radius 2 is 2.05 bits per heavy atom. The monoisotopic (exact) mass is 258 g/mol. The average Bonchev–Trinajstić information content (AvgIpc) is 3.08. The van der Waals surface area contributed by atoms with Gasteiger partial charge in [-0.15, -0.1) is 0 Å². The maximum Gasteiger partial charge on any atom is 0.160 e. The Balaban J connectivity index is 2.01. The molecule has 0 amide bonds. The fourth-order valence-corrected chi connectivity index (χ4v) is 2.09. The predicted octanol–water partition coefficient (Wildman–Crippen LogP) is 2.42. The van der Waals surface area contributed by atoms with E-state index in [9.17, 15) is 0 Å². The van der Waals surface area contributed by atoms with Gasteiger partial charge in [0.1, 0.15) is 5.76 Å². The molecular formula is C13H14N4O2. The van der Waals surface area contributed by atoms with Crippen LogP contribution in [0, 0.1) is 0 Å². The SMILES string of the molecule is CCN(Cc1ccco1)c1ccc(N)c2nonc12. The highest BCUT2D eigenvalue weighted by Gasteiger charge is 2.15. The smallest absolute Gasteiger partial charge is 0.160 e. The maximum atomic E-state index is 5.85. The van der Waals surface area contributed by atoms with Crippen molar-refractivity contribution in [2.45, 2.75) is 13.5 Å². The summed E-state index contributed by atoms with van der Waals surface area (Å²) < 4.78 is 10.2. The lowest BCUT2D eigenvalue weighted by Crippen LogP contribution is -2.22. The third kappa shape index (κ3) is 2.01. The zero-order valence-corrected chi connectivity index (χ0v) is 10.5. The molecule has 0 fully saturated rings. The summed E-state index contributed by atoms with van der Waals surface area (Å²) in [7, 11) is 0. The molecule has 3 rings (SSSR count). The highest BCUT2D eigenvalue weighted by Crippen LogP contribution is 2.29. The van der Waals surface area contributed by atoms with Crippen LogP contribution < -0.4 is 10.6 Å². The molecule has 0 aliphatic heterocycles. The lowest BCUT2D eigenvalue weighted by Gasteiger charge is -2.21. The van der Waals surface area contributed by atoms with E-state index < -0.39 is 0 Å². The van der Waals surface area contributed by atoms with Gasteiger partial charge in [0.25, 0.3) is 0 Å². The number of nitrogens with zero attached hydrogens (tertiary/aromatic N) is 3. The minimum absolute atomic E-state index is 0.564. The summed E-state index contributed by atoms with van der Waals surface area (Å²) >= 11 is 0. The van der Waals surface area contributed by atoms with Crippen LogP contribution in [0.2, 0.25) is 0 Å². The number of nitrogens with two attached hydrogens (primary N) is 1. The number of aromatic nitrogens is 2. The first kappa shape index (κ1) is 11.6. The molecule has 0 saturated heterocycles. The number of fused-ring (bicyclic) bond motifs is 1. The molecular weight excluding hydrogens is 244 g/mol. The Kier molecular flexibility index (Phi) is 2.83. The minimum Gasteiger partial charge on any atom is -0.467 e. The fourth-order valence-electron chi connectivity index (χ4n) is 2.09. The van der Waals surface area contributed by atoms with E-state index >= 15 is 0 Å². The zero-order chi connectivity index (χ0) is 13.2. The van der Waals surface area contributed by atoms with Crippen LogP contribution in [0.4, 0.5) is 11.4 Å². The van der Waals surface area contributed by atoms with Crippen molar-refractivity contribution < 1.29 is 9.05 Å². The Morgan fingerprint density at radius 1 is 1.21 bits per heavy atom. The van der Waals surface area contributed by atoms with Gasteiger partial charge in [0.2, 0.25) is 0 Å². The van der Waals surface area contributed by atoms with Crippen molar-refractivity contribution in [1.29, 1.82) is 0 Å². The first-order chi connectivity index (χ1) is 9.29. The molecule has 0 radical (unpaired) electrons. The van der Waals surface area contributed by atoms with E-state index in [-0.39, 0.29) is 0 Å². The number of furan rings is 1. The molecule has 19 heavy (non-hydrogen) atoms. The van der Waals surface area contributed by atoms with Crippen LogP contribution in [0.15, 0.2) is 39.6 Å². The third-order valence-corrected chi connectivity index (χ3v) is 3.07. The molecule has 0 spiro atoms. The van der Waals surface area contributed by atoms with Gasteiger partial charge in [0.05, 0.1) is 24.2 Å². The van der Waals surface area contributed by atoms with Crippen molar-refractivity contribution in [2.75, 3.05) is 17.2 Å². The summed E-state index contributed by atoms with van der Waals surface area (Å²) in [5.41, 5.74) is 8.61. The second kappa shape index (κ2) is 4.64. The first-order valence-corrected chi connectivity index (χ1v) is 6.07. The number of hydrogen-bond donors (Lipinski definition) is 1. The highest BCUT2D eigenvalue weighted by molar-refractivity contribution is 5.95. The lowest BCUT2D eigenvalue weighted by atomic mass is 10.2. The molecule has 2 heterocycles. The van der Waals surface area contributed by atoms with Gasteiger partial charge in [-0.2, -0.15) is 0 Å². The van der Waals surface area contributed by atoms with Crippen molar-refractivity contribution in [1.82, 2.24) is 10.3 Å². The summed E-state index contributed by atoms with van der Waals surface area (Å²) in [6, 6.07) is 7.55. The van der Waals surface area contributed by atoms with Crippen molar-refractivity contribution >= 4 is 22.4 Å². The van der Waals surface area contributed by atoms with Crippen LogP contribution in [-0.4, -0.2) is 16.9 Å². The Hall–Kier alpha value is -2.50. The van der Waals surface area contributed by atoms with Crippen LogP contribution >= 0.6 is 0 Å². The number of rotatable bonds is 4. The Morgan fingerprint density at radius 3 is 2.79 bits per heavy atom. The van der Waals surface area contributed by atoms with Gasteiger partial charge in [0, 0.05) is 6.54 Å². The van der Waals surface area contributed by atoms with Crippen molar-refractivity contribution in [3.05, 3.63) is 36.3 Å². The summed E-state index contributed by atoms with van der Waals surface area (Å²) in [4.78, 5) is 2.13. The molecule has 2 N–H and O–H groups in total. The van der Waals surface area contributed by atoms with Crippen LogP contribution in [0.1, 0.15) is 12.7 Å². The van der Waals surface area contributed by atoms with E-state index in [1.807, 2.05) is 24.3 Å². The predicted molar refractivity (Wildman–Crippen MR) is 71.6 cm³/mol.